The summed E-state index contributed by atoms with van der Waals surface area (Å²) in [5, 5.41) is 19.4. The standard InChI is InChI=1S/C20H13FN4O3/c21-14-5-1-11(2-6-14)19-16-9-12(4-8-17(16)23-24-19)15-7-3-13(20(22)26)10-18(15)25(27)28/h1-10H,(H2,22,26)(H,23,24). The van der Waals surface area contributed by atoms with Crippen molar-refractivity contribution in [3.63, 3.8) is 0 Å². The zero-order valence-corrected chi connectivity index (χ0v) is 14.3. The van der Waals surface area contributed by atoms with Crippen molar-refractivity contribution in [2.75, 3.05) is 0 Å². The predicted molar refractivity (Wildman–Crippen MR) is 102 cm³/mol. The van der Waals surface area contributed by atoms with Gasteiger partial charge in [-0.2, -0.15) is 5.10 Å². The normalized spacial score (nSPS) is 10.9. The molecule has 1 heterocycles. The fourth-order valence-corrected chi connectivity index (χ4v) is 3.09. The summed E-state index contributed by atoms with van der Waals surface area (Å²) in [5.74, 6) is -1.09. The number of carbonyl (C=O) groups excluding carboxylic acids is 1. The second kappa shape index (κ2) is 6.58. The Kier molecular flexibility index (Phi) is 4.08. The highest BCUT2D eigenvalue weighted by Crippen LogP contribution is 2.35. The summed E-state index contributed by atoms with van der Waals surface area (Å²) in [7, 11) is 0. The average molecular weight is 376 g/mol. The molecule has 0 aliphatic carbocycles. The van der Waals surface area contributed by atoms with Gasteiger partial charge in [0, 0.05) is 22.6 Å². The van der Waals surface area contributed by atoms with Gasteiger partial charge in [-0.05, 0) is 54.1 Å². The number of aromatic amines is 1. The largest absolute Gasteiger partial charge is 0.366 e. The average Bonchev–Trinajstić information content (AvgIpc) is 3.11. The van der Waals surface area contributed by atoms with E-state index in [0.29, 0.717) is 22.4 Å². The van der Waals surface area contributed by atoms with Crippen molar-refractivity contribution in [3.05, 3.63) is 82.2 Å². The Labute approximate surface area is 157 Å². The van der Waals surface area contributed by atoms with Crippen molar-refractivity contribution >= 4 is 22.5 Å². The first kappa shape index (κ1) is 17.3. The number of hydrogen-bond donors (Lipinski definition) is 2. The maximum absolute atomic E-state index is 13.2. The number of rotatable bonds is 4. The Balaban J connectivity index is 1.89. The van der Waals surface area contributed by atoms with Gasteiger partial charge in [-0.3, -0.25) is 20.0 Å². The number of primary amides is 1. The van der Waals surface area contributed by atoms with Gasteiger partial charge in [0.2, 0.25) is 5.91 Å². The van der Waals surface area contributed by atoms with Crippen LogP contribution in [0.25, 0.3) is 33.3 Å². The zero-order valence-electron chi connectivity index (χ0n) is 14.3. The highest BCUT2D eigenvalue weighted by molar-refractivity contribution is 5.98. The number of hydrogen-bond acceptors (Lipinski definition) is 4. The van der Waals surface area contributed by atoms with Gasteiger partial charge in [0.25, 0.3) is 5.69 Å². The van der Waals surface area contributed by atoms with Gasteiger partial charge in [0.05, 0.1) is 21.7 Å². The number of nitro benzene ring substituents is 1. The van der Waals surface area contributed by atoms with Crippen LogP contribution >= 0.6 is 0 Å². The number of fused-ring (bicyclic) bond motifs is 1. The van der Waals surface area contributed by atoms with E-state index in [9.17, 15) is 19.3 Å². The first-order valence-electron chi connectivity index (χ1n) is 8.27. The van der Waals surface area contributed by atoms with E-state index < -0.39 is 10.8 Å². The Morgan fingerprint density at radius 3 is 2.43 bits per heavy atom. The highest BCUT2D eigenvalue weighted by atomic mass is 19.1. The van der Waals surface area contributed by atoms with Gasteiger partial charge >= 0.3 is 0 Å². The van der Waals surface area contributed by atoms with E-state index >= 15 is 0 Å². The van der Waals surface area contributed by atoms with Crippen molar-refractivity contribution < 1.29 is 14.1 Å². The summed E-state index contributed by atoms with van der Waals surface area (Å²) in [5.41, 5.74) is 8.05. The number of benzene rings is 3. The summed E-state index contributed by atoms with van der Waals surface area (Å²) < 4.78 is 13.2. The molecule has 4 aromatic rings. The van der Waals surface area contributed by atoms with Crippen LogP contribution < -0.4 is 5.73 Å². The summed E-state index contributed by atoms with van der Waals surface area (Å²) in [4.78, 5) is 22.3. The summed E-state index contributed by atoms with van der Waals surface area (Å²) in [6, 6.07) is 15.3. The lowest BCUT2D eigenvalue weighted by Gasteiger charge is -2.06. The van der Waals surface area contributed by atoms with Crippen LogP contribution in [0.4, 0.5) is 10.1 Å². The lowest BCUT2D eigenvalue weighted by atomic mass is 9.98. The Morgan fingerprint density at radius 1 is 1.04 bits per heavy atom. The third-order valence-electron chi connectivity index (χ3n) is 4.47. The zero-order chi connectivity index (χ0) is 19.8. The molecule has 3 aromatic carbocycles. The number of aromatic nitrogens is 2. The molecule has 0 bridgehead atoms. The molecule has 138 valence electrons. The molecule has 0 radical (unpaired) electrons. The highest BCUT2D eigenvalue weighted by Gasteiger charge is 2.19. The SMILES string of the molecule is NC(=O)c1ccc(-c2ccc3[nH]nc(-c4ccc(F)cc4)c3c2)c([N+](=O)[O-])c1. The van der Waals surface area contributed by atoms with Gasteiger partial charge in [-0.1, -0.05) is 6.07 Å². The second-order valence-electron chi connectivity index (χ2n) is 6.19. The topological polar surface area (TPSA) is 115 Å². The van der Waals surface area contributed by atoms with Crippen LogP contribution in [0.1, 0.15) is 10.4 Å². The van der Waals surface area contributed by atoms with E-state index in [1.807, 2.05) is 0 Å². The number of halogens is 1. The summed E-state index contributed by atoms with van der Waals surface area (Å²) in [6.07, 6.45) is 0. The monoisotopic (exact) mass is 376 g/mol. The molecule has 0 fully saturated rings. The molecular weight excluding hydrogens is 363 g/mol. The lowest BCUT2D eigenvalue weighted by molar-refractivity contribution is -0.384. The van der Waals surface area contributed by atoms with Crippen molar-refractivity contribution in [2.24, 2.45) is 5.73 Å². The van der Waals surface area contributed by atoms with E-state index in [1.54, 1.807) is 30.3 Å². The first-order chi connectivity index (χ1) is 13.4. The van der Waals surface area contributed by atoms with Crippen molar-refractivity contribution in [3.8, 4) is 22.4 Å². The minimum Gasteiger partial charge on any atom is -0.366 e. The Hall–Kier alpha value is -4.07. The molecular formula is C20H13FN4O3. The molecule has 0 saturated carbocycles. The second-order valence-corrected chi connectivity index (χ2v) is 6.19. The van der Waals surface area contributed by atoms with Crippen LogP contribution in [0.15, 0.2) is 60.7 Å². The Bertz CT molecular complexity index is 1230. The number of nitro groups is 1. The predicted octanol–water partition coefficient (Wildman–Crippen LogP) is 4.04. The number of nitrogens with zero attached hydrogens (tertiary/aromatic N) is 2. The quantitative estimate of drug-likeness (QED) is 0.413. The smallest absolute Gasteiger partial charge is 0.277 e. The number of nitrogens with one attached hydrogen (secondary N) is 1. The molecule has 0 aliphatic heterocycles. The first-order valence-corrected chi connectivity index (χ1v) is 8.27. The van der Waals surface area contributed by atoms with Gasteiger partial charge in [-0.25, -0.2) is 4.39 Å². The maximum Gasteiger partial charge on any atom is 0.277 e. The molecule has 7 nitrogen and oxygen atoms in total. The number of H-pyrrole nitrogens is 1. The number of amides is 1. The maximum atomic E-state index is 13.2. The molecule has 4 rings (SSSR count). The third kappa shape index (κ3) is 2.96. The third-order valence-corrected chi connectivity index (χ3v) is 4.47. The van der Waals surface area contributed by atoms with Crippen LogP contribution in [0.2, 0.25) is 0 Å². The minimum atomic E-state index is -0.737. The van der Waals surface area contributed by atoms with E-state index in [1.165, 1.54) is 24.3 Å². The van der Waals surface area contributed by atoms with E-state index in [2.05, 4.69) is 10.2 Å². The van der Waals surface area contributed by atoms with E-state index in [0.717, 1.165) is 17.0 Å². The van der Waals surface area contributed by atoms with Gasteiger partial charge in [0.1, 0.15) is 5.82 Å². The lowest BCUT2D eigenvalue weighted by Crippen LogP contribution is -2.11. The van der Waals surface area contributed by atoms with Crippen LogP contribution in [0.5, 0.6) is 0 Å². The molecule has 28 heavy (non-hydrogen) atoms. The molecule has 0 aliphatic rings. The Morgan fingerprint density at radius 2 is 1.75 bits per heavy atom. The van der Waals surface area contributed by atoms with Crippen molar-refractivity contribution in [1.29, 1.82) is 0 Å². The summed E-state index contributed by atoms with van der Waals surface area (Å²) >= 11 is 0. The fraction of sp³-hybridized carbons (Fsp3) is 0. The molecule has 1 aromatic heterocycles. The van der Waals surface area contributed by atoms with Crippen LogP contribution in [0.3, 0.4) is 0 Å². The van der Waals surface area contributed by atoms with E-state index in [4.69, 9.17) is 5.73 Å². The molecule has 0 spiro atoms. The molecule has 8 heteroatoms. The minimum absolute atomic E-state index is 0.0619. The molecule has 0 saturated heterocycles. The van der Waals surface area contributed by atoms with Gasteiger partial charge in [0.15, 0.2) is 0 Å². The fourth-order valence-electron chi connectivity index (χ4n) is 3.09. The van der Waals surface area contributed by atoms with Crippen LogP contribution in [-0.2, 0) is 0 Å². The van der Waals surface area contributed by atoms with Crippen molar-refractivity contribution in [1.82, 2.24) is 10.2 Å². The number of nitrogens with two attached hydrogens (primary N) is 1. The molecule has 0 unspecified atom stereocenters. The van der Waals surface area contributed by atoms with E-state index in [-0.39, 0.29) is 17.1 Å². The summed E-state index contributed by atoms with van der Waals surface area (Å²) in [6.45, 7) is 0. The molecule has 0 atom stereocenters. The van der Waals surface area contributed by atoms with Crippen LogP contribution in [-0.4, -0.2) is 21.0 Å². The van der Waals surface area contributed by atoms with Crippen molar-refractivity contribution in [2.45, 2.75) is 0 Å². The molecule has 1 amide bonds. The van der Waals surface area contributed by atoms with Gasteiger partial charge in [-0.15, -0.1) is 0 Å². The van der Waals surface area contributed by atoms with Gasteiger partial charge < -0.3 is 5.73 Å². The van der Waals surface area contributed by atoms with Crippen LogP contribution in [0, 0.1) is 15.9 Å². The number of carbonyl (C=O) groups is 1. The molecule has 3 N–H and O–H groups in total.